The summed E-state index contributed by atoms with van der Waals surface area (Å²) in [4.78, 5) is 33.6. The number of likely N-dealkylation sites (N-methyl/N-ethyl adjacent to an activating group) is 2. The Kier molecular flexibility index (Phi) is 7.50. The lowest BCUT2D eigenvalue weighted by Gasteiger charge is -2.36. The summed E-state index contributed by atoms with van der Waals surface area (Å²) >= 11 is 0. The molecule has 1 aliphatic rings. The van der Waals surface area contributed by atoms with E-state index in [0.29, 0.717) is 26.1 Å². The molecule has 8 nitrogen and oxygen atoms in total. The Morgan fingerprint density at radius 3 is 2.73 bits per heavy atom. The molecule has 2 N–H and O–H groups in total. The second-order valence-electron chi connectivity index (χ2n) is 7.05. The smallest absolute Gasteiger partial charge is 0.236 e. The van der Waals surface area contributed by atoms with Crippen molar-refractivity contribution in [2.75, 3.05) is 47.3 Å². The van der Waals surface area contributed by atoms with Crippen molar-refractivity contribution in [2.45, 2.75) is 25.1 Å². The Bertz CT molecular complexity index is 596. The van der Waals surface area contributed by atoms with E-state index in [1.54, 1.807) is 20.3 Å². The molecule has 1 aromatic rings. The van der Waals surface area contributed by atoms with Crippen LogP contribution in [-0.2, 0) is 16.1 Å². The van der Waals surface area contributed by atoms with Crippen LogP contribution in [0.3, 0.4) is 0 Å². The number of nitrogens with one attached hydrogen (secondary N) is 1. The number of hydrogen-bond donors (Lipinski definition) is 2. The van der Waals surface area contributed by atoms with Crippen molar-refractivity contribution in [3.63, 3.8) is 0 Å². The highest BCUT2D eigenvalue weighted by molar-refractivity contribution is 5.78. The van der Waals surface area contributed by atoms with Crippen LogP contribution in [0.2, 0.25) is 0 Å². The van der Waals surface area contributed by atoms with Crippen molar-refractivity contribution in [1.29, 1.82) is 0 Å². The second-order valence-corrected chi connectivity index (χ2v) is 7.05. The van der Waals surface area contributed by atoms with E-state index >= 15 is 0 Å². The van der Waals surface area contributed by atoms with Gasteiger partial charge in [0.25, 0.3) is 0 Å². The third-order valence-corrected chi connectivity index (χ3v) is 4.44. The normalized spacial score (nSPS) is 20.8. The predicted molar refractivity (Wildman–Crippen MR) is 98.3 cm³/mol. The summed E-state index contributed by atoms with van der Waals surface area (Å²) in [5.41, 5.74) is 0.904. The van der Waals surface area contributed by atoms with Gasteiger partial charge in [-0.15, -0.1) is 0 Å². The van der Waals surface area contributed by atoms with Gasteiger partial charge >= 0.3 is 0 Å². The number of piperidine rings is 1. The molecule has 1 saturated heterocycles. The Labute approximate surface area is 154 Å². The van der Waals surface area contributed by atoms with E-state index in [1.165, 1.54) is 4.90 Å². The molecule has 2 rings (SSSR count). The van der Waals surface area contributed by atoms with Crippen molar-refractivity contribution >= 4 is 11.8 Å². The molecule has 1 aromatic heterocycles. The van der Waals surface area contributed by atoms with Gasteiger partial charge in [-0.05, 0) is 25.6 Å². The van der Waals surface area contributed by atoms with E-state index in [-0.39, 0.29) is 30.9 Å². The summed E-state index contributed by atoms with van der Waals surface area (Å²) in [6.45, 7) is 2.17. The molecule has 0 aromatic carbocycles. The molecule has 1 fully saturated rings. The minimum atomic E-state index is -0.677. The average Bonchev–Trinajstić information content (AvgIpc) is 2.58. The lowest BCUT2D eigenvalue weighted by molar-refractivity contribution is -0.131. The van der Waals surface area contributed by atoms with Crippen LogP contribution in [0.1, 0.15) is 12.1 Å². The molecule has 2 heterocycles. The minimum absolute atomic E-state index is 0.0100. The number of β-amino-alcohol motifs (C(OH)–C–C–N with tert-alkyl or cyclic N) is 1. The van der Waals surface area contributed by atoms with Crippen molar-refractivity contribution in [3.05, 3.63) is 30.1 Å². The fourth-order valence-corrected chi connectivity index (χ4v) is 2.96. The molecule has 0 radical (unpaired) electrons. The number of rotatable bonds is 7. The van der Waals surface area contributed by atoms with Crippen LogP contribution in [0.15, 0.2) is 24.4 Å². The van der Waals surface area contributed by atoms with Gasteiger partial charge in [0, 0.05) is 39.9 Å². The zero-order valence-electron chi connectivity index (χ0n) is 15.8. The van der Waals surface area contributed by atoms with E-state index in [9.17, 15) is 14.7 Å². The maximum Gasteiger partial charge on any atom is 0.236 e. The van der Waals surface area contributed by atoms with Crippen LogP contribution in [0.5, 0.6) is 0 Å². The maximum absolute atomic E-state index is 12.2. The van der Waals surface area contributed by atoms with E-state index < -0.39 is 6.10 Å². The van der Waals surface area contributed by atoms with Crippen molar-refractivity contribution in [2.24, 2.45) is 0 Å². The molecule has 0 unspecified atom stereocenters. The third-order valence-electron chi connectivity index (χ3n) is 4.44. The van der Waals surface area contributed by atoms with E-state index in [4.69, 9.17) is 0 Å². The third kappa shape index (κ3) is 6.36. The Morgan fingerprint density at radius 2 is 2.12 bits per heavy atom. The monoisotopic (exact) mass is 363 g/mol. The van der Waals surface area contributed by atoms with Gasteiger partial charge in [0.15, 0.2) is 0 Å². The highest BCUT2D eigenvalue weighted by atomic mass is 16.3. The fraction of sp³-hybridized carbons (Fsp3) is 0.611. The van der Waals surface area contributed by atoms with Crippen LogP contribution in [0.25, 0.3) is 0 Å². The van der Waals surface area contributed by atoms with Gasteiger partial charge in [-0.3, -0.25) is 24.4 Å². The van der Waals surface area contributed by atoms with Crippen molar-refractivity contribution in [3.8, 4) is 0 Å². The predicted octanol–water partition coefficient (Wildman–Crippen LogP) is -0.847. The van der Waals surface area contributed by atoms with Crippen LogP contribution in [-0.4, -0.2) is 96.1 Å². The Morgan fingerprint density at radius 1 is 1.35 bits per heavy atom. The number of aliphatic hydroxyl groups is 1. The van der Waals surface area contributed by atoms with Crippen LogP contribution < -0.4 is 5.32 Å². The van der Waals surface area contributed by atoms with Gasteiger partial charge < -0.3 is 15.3 Å². The summed E-state index contributed by atoms with van der Waals surface area (Å²) < 4.78 is 0. The topological polar surface area (TPSA) is 89.0 Å². The molecule has 8 heteroatoms. The summed E-state index contributed by atoms with van der Waals surface area (Å²) in [7, 11) is 5.29. The first-order valence-corrected chi connectivity index (χ1v) is 8.83. The highest BCUT2D eigenvalue weighted by Gasteiger charge is 2.30. The second kappa shape index (κ2) is 9.61. The van der Waals surface area contributed by atoms with Crippen LogP contribution >= 0.6 is 0 Å². The van der Waals surface area contributed by atoms with Gasteiger partial charge in [0.05, 0.1) is 30.9 Å². The van der Waals surface area contributed by atoms with Gasteiger partial charge in [0.2, 0.25) is 11.8 Å². The lowest BCUT2D eigenvalue weighted by Crippen LogP contribution is -2.56. The summed E-state index contributed by atoms with van der Waals surface area (Å²) in [6, 6.07) is 5.41. The number of aromatic nitrogens is 1. The number of hydrogen-bond acceptors (Lipinski definition) is 6. The molecule has 144 valence electrons. The van der Waals surface area contributed by atoms with E-state index in [0.717, 1.165) is 5.69 Å². The molecule has 2 atom stereocenters. The first-order valence-electron chi connectivity index (χ1n) is 8.83. The van der Waals surface area contributed by atoms with Crippen molar-refractivity contribution < 1.29 is 14.7 Å². The van der Waals surface area contributed by atoms with Crippen molar-refractivity contribution in [1.82, 2.24) is 25.0 Å². The number of likely N-dealkylation sites (tertiary alicyclic amines) is 1. The SMILES string of the molecule is CN(CC(=O)N[C@@H]1CCN(CC(=O)N(C)C)C[C@H]1O)Cc1ccccn1. The first kappa shape index (κ1) is 20.3. The molecule has 2 amide bonds. The summed E-state index contributed by atoms with van der Waals surface area (Å²) in [5, 5.41) is 13.2. The molecule has 0 spiro atoms. The molecule has 0 bridgehead atoms. The zero-order valence-corrected chi connectivity index (χ0v) is 15.8. The zero-order chi connectivity index (χ0) is 19.1. The first-order chi connectivity index (χ1) is 12.3. The quantitative estimate of drug-likeness (QED) is 0.656. The Balaban J connectivity index is 1.74. The van der Waals surface area contributed by atoms with Crippen LogP contribution in [0, 0.1) is 0 Å². The largest absolute Gasteiger partial charge is 0.390 e. The molecular weight excluding hydrogens is 334 g/mol. The molecule has 0 aliphatic carbocycles. The number of amides is 2. The molecule has 0 saturated carbocycles. The highest BCUT2D eigenvalue weighted by Crippen LogP contribution is 2.11. The summed E-state index contributed by atoms with van der Waals surface area (Å²) in [5.74, 6) is -0.110. The van der Waals surface area contributed by atoms with Gasteiger partial charge in [-0.1, -0.05) is 6.07 Å². The fourth-order valence-electron chi connectivity index (χ4n) is 2.96. The van der Waals surface area contributed by atoms with E-state index in [2.05, 4.69) is 10.3 Å². The molecular formula is C18H29N5O3. The number of carbonyl (C=O) groups excluding carboxylic acids is 2. The molecule has 1 aliphatic heterocycles. The van der Waals surface area contributed by atoms with Crippen LogP contribution in [0.4, 0.5) is 0 Å². The number of pyridine rings is 1. The number of nitrogens with zero attached hydrogens (tertiary/aromatic N) is 4. The lowest BCUT2D eigenvalue weighted by atomic mass is 10.0. The number of carbonyl (C=O) groups is 2. The van der Waals surface area contributed by atoms with E-state index in [1.807, 2.05) is 35.0 Å². The van der Waals surface area contributed by atoms with Gasteiger partial charge in [0.1, 0.15) is 0 Å². The van der Waals surface area contributed by atoms with Gasteiger partial charge in [-0.2, -0.15) is 0 Å². The summed E-state index contributed by atoms with van der Waals surface area (Å²) in [6.07, 6.45) is 1.68. The maximum atomic E-state index is 12.2. The molecule has 26 heavy (non-hydrogen) atoms. The minimum Gasteiger partial charge on any atom is -0.390 e. The average molecular weight is 363 g/mol. The number of aliphatic hydroxyl groups excluding tert-OH is 1. The van der Waals surface area contributed by atoms with Gasteiger partial charge in [-0.25, -0.2) is 0 Å². The standard InChI is InChI=1S/C18H29N5O3/c1-21(2)18(26)13-23-9-7-15(16(24)11-23)20-17(25)12-22(3)10-14-6-4-5-8-19-14/h4-6,8,15-16,24H,7,9-13H2,1-3H3,(H,20,25)/t15-,16-/m1/s1. The Hall–Kier alpha value is -2.03.